The van der Waals surface area contributed by atoms with Gasteiger partial charge in [-0.15, -0.1) is 0 Å². The molecular formula is C23H27N3O3. The molecule has 0 atom stereocenters. The minimum atomic E-state index is -0.106. The quantitative estimate of drug-likeness (QED) is 0.820. The van der Waals surface area contributed by atoms with Gasteiger partial charge in [-0.2, -0.15) is 0 Å². The van der Waals surface area contributed by atoms with Gasteiger partial charge in [0.25, 0.3) is 5.91 Å². The molecule has 0 aliphatic carbocycles. The molecule has 2 heterocycles. The van der Waals surface area contributed by atoms with Crippen molar-refractivity contribution in [3.8, 4) is 0 Å². The van der Waals surface area contributed by atoms with Crippen LogP contribution in [0.1, 0.15) is 34.3 Å². The van der Waals surface area contributed by atoms with Gasteiger partial charge >= 0.3 is 0 Å². The van der Waals surface area contributed by atoms with Gasteiger partial charge in [0.1, 0.15) is 0 Å². The van der Waals surface area contributed by atoms with E-state index in [2.05, 4.69) is 22.3 Å². The van der Waals surface area contributed by atoms with Crippen molar-refractivity contribution >= 4 is 17.5 Å². The van der Waals surface area contributed by atoms with Crippen LogP contribution in [0.5, 0.6) is 0 Å². The van der Waals surface area contributed by atoms with Gasteiger partial charge in [0, 0.05) is 50.4 Å². The van der Waals surface area contributed by atoms with E-state index in [-0.39, 0.29) is 11.8 Å². The van der Waals surface area contributed by atoms with Crippen LogP contribution in [0.25, 0.3) is 0 Å². The summed E-state index contributed by atoms with van der Waals surface area (Å²) < 4.78 is 5.42. The van der Waals surface area contributed by atoms with Gasteiger partial charge in [0.2, 0.25) is 5.91 Å². The number of hydrogen-bond acceptors (Lipinski definition) is 4. The van der Waals surface area contributed by atoms with Crippen molar-refractivity contribution < 1.29 is 14.3 Å². The first-order chi connectivity index (χ1) is 14.2. The highest BCUT2D eigenvalue weighted by atomic mass is 16.5. The van der Waals surface area contributed by atoms with Crippen LogP contribution >= 0.6 is 0 Å². The van der Waals surface area contributed by atoms with Crippen LogP contribution in [0.4, 0.5) is 5.69 Å². The van der Waals surface area contributed by atoms with Crippen molar-refractivity contribution in [1.82, 2.24) is 10.2 Å². The number of carbonyl (C=O) groups is 2. The summed E-state index contributed by atoms with van der Waals surface area (Å²) in [5.41, 5.74) is 3.83. The summed E-state index contributed by atoms with van der Waals surface area (Å²) in [5.74, 6) is 0.0459. The summed E-state index contributed by atoms with van der Waals surface area (Å²) in [6, 6.07) is 15.5. The smallest absolute Gasteiger partial charge is 0.251 e. The molecular weight excluding hydrogens is 366 g/mol. The lowest BCUT2D eigenvalue weighted by atomic mass is 10.1. The van der Waals surface area contributed by atoms with Crippen LogP contribution in [0.3, 0.4) is 0 Å². The molecule has 1 N–H and O–H groups in total. The number of nitrogens with one attached hydrogen (secondary N) is 1. The molecule has 2 aromatic carbocycles. The van der Waals surface area contributed by atoms with Gasteiger partial charge in [0.05, 0.1) is 13.2 Å². The standard InChI is InChI=1S/C23H27N3O3/c27-22-6-3-11-26(22)21-9-7-18(8-10-21)23(28)24-16-19-4-1-2-5-20(19)17-25-12-14-29-15-13-25/h1-2,4-5,7-10H,3,6,11-17H2,(H,24,28). The van der Waals surface area contributed by atoms with Crippen molar-refractivity contribution in [2.75, 3.05) is 37.7 Å². The largest absolute Gasteiger partial charge is 0.379 e. The van der Waals surface area contributed by atoms with Gasteiger partial charge in [-0.1, -0.05) is 24.3 Å². The molecule has 2 amide bonds. The number of anilines is 1. The van der Waals surface area contributed by atoms with E-state index in [1.165, 1.54) is 5.56 Å². The summed E-state index contributed by atoms with van der Waals surface area (Å²) in [5, 5.41) is 3.03. The molecule has 152 valence electrons. The normalized spacial score (nSPS) is 17.5. The molecule has 29 heavy (non-hydrogen) atoms. The highest BCUT2D eigenvalue weighted by Gasteiger charge is 2.21. The molecule has 0 bridgehead atoms. The van der Waals surface area contributed by atoms with Crippen LogP contribution in [-0.2, 0) is 22.6 Å². The molecule has 2 aliphatic heterocycles. The minimum Gasteiger partial charge on any atom is -0.379 e. The van der Waals surface area contributed by atoms with E-state index >= 15 is 0 Å². The SMILES string of the molecule is O=C(NCc1ccccc1CN1CCOCC1)c1ccc(N2CCCC2=O)cc1. The molecule has 0 unspecified atom stereocenters. The Morgan fingerprint density at radius 1 is 0.966 bits per heavy atom. The maximum atomic E-state index is 12.6. The zero-order chi connectivity index (χ0) is 20.1. The number of carbonyl (C=O) groups excluding carboxylic acids is 2. The zero-order valence-electron chi connectivity index (χ0n) is 16.6. The molecule has 0 aromatic heterocycles. The van der Waals surface area contributed by atoms with Gasteiger partial charge in [0.15, 0.2) is 0 Å². The zero-order valence-corrected chi connectivity index (χ0v) is 16.6. The van der Waals surface area contributed by atoms with Crippen LogP contribution in [-0.4, -0.2) is 49.6 Å². The second-order valence-corrected chi connectivity index (χ2v) is 7.54. The Morgan fingerprint density at radius 3 is 2.38 bits per heavy atom. The van der Waals surface area contributed by atoms with E-state index in [1.807, 2.05) is 24.3 Å². The minimum absolute atomic E-state index is 0.106. The summed E-state index contributed by atoms with van der Waals surface area (Å²) >= 11 is 0. The summed E-state index contributed by atoms with van der Waals surface area (Å²) in [6.07, 6.45) is 1.50. The van der Waals surface area contributed by atoms with E-state index in [4.69, 9.17) is 4.74 Å². The predicted octanol–water partition coefficient (Wildman–Crippen LogP) is 2.58. The van der Waals surface area contributed by atoms with Gasteiger partial charge < -0.3 is 15.0 Å². The first kappa shape index (κ1) is 19.6. The Balaban J connectivity index is 1.36. The van der Waals surface area contributed by atoms with Crippen molar-refractivity contribution in [1.29, 1.82) is 0 Å². The summed E-state index contributed by atoms with van der Waals surface area (Å²) in [7, 11) is 0. The summed E-state index contributed by atoms with van der Waals surface area (Å²) in [4.78, 5) is 28.6. The number of morpholine rings is 1. The van der Waals surface area contributed by atoms with Crippen LogP contribution in [0.2, 0.25) is 0 Å². The van der Waals surface area contributed by atoms with Crippen LogP contribution in [0, 0.1) is 0 Å². The van der Waals surface area contributed by atoms with Crippen LogP contribution < -0.4 is 10.2 Å². The lowest BCUT2D eigenvalue weighted by Gasteiger charge is -2.27. The first-order valence-electron chi connectivity index (χ1n) is 10.3. The average molecular weight is 393 g/mol. The first-order valence-corrected chi connectivity index (χ1v) is 10.3. The van der Waals surface area contributed by atoms with Gasteiger partial charge in [-0.3, -0.25) is 14.5 Å². The van der Waals surface area contributed by atoms with Crippen molar-refractivity contribution in [3.63, 3.8) is 0 Å². The van der Waals surface area contributed by atoms with Crippen molar-refractivity contribution in [2.45, 2.75) is 25.9 Å². The second-order valence-electron chi connectivity index (χ2n) is 7.54. The van der Waals surface area contributed by atoms with Crippen molar-refractivity contribution in [2.24, 2.45) is 0 Å². The molecule has 6 heteroatoms. The molecule has 4 rings (SSSR count). The van der Waals surface area contributed by atoms with E-state index in [9.17, 15) is 9.59 Å². The third-order valence-electron chi connectivity index (χ3n) is 5.57. The third-order valence-corrected chi connectivity index (χ3v) is 5.57. The number of amides is 2. The monoisotopic (exact) mass is 393 g/mol. The number of rotatable bonds is 6. The average Bonchev–Trinajstić information content (AvgIpc) is 3.19. The van der Waals surface area contributed by atoms with Crippen molar-refractivity contribution in [3.05, 3.63) is 65.2 Å². The number of ether oxygens (including phenoxy) is 1. The Hall–Kier alpha value is -2.70. The fourth-order valence-corrected chi connectivity index (χ4v) is 3.88. The fourth-order valence-electron chi connectivity index (χ4n) is 3.88. The number of hydrogen-bond donors (Lipinski definition) is 1. The van der Waals surface area contributed by atoms with E-state index in [1.54, 1.807) is 17.0 Å². The maximum Gasteiger partial charge on any atom is 0.251 e. The Morgan fingerprint density at radius 2 is 1.69 bits per heavy atom. The highest BCUT2D eigenvalue weighted by Crippen LogP contribution is 2.21. The lowest BCUT2D eigenvalue weighted by Crippen LogP contribution is -2.36. The van der Waals surface area contributed by atoms with Crippen LogP contribution in [0.15, 0.2) is 48.5 Å². The van der Waals surface area contributed by atoms with Gasteiger partial charge in [-0.25, -0.2) is 0 Å². The third kappa shape index (κ3) is 4.83. The predicted molar refractivity (Wildman–Crippen MR) is 112 cm³/mol. The molecule has 0 spiro atoms. The van der Waals surface area contributed by atoms with E-state index < -0.39 is 0 Å². The molecule has 2 saturated heterocycles. The van der Waals surface area contributed by atoms with E-state index in [0.29, 0.717) is 18.5 Å². The molecule has 0 saturated carbocycles. The number of benzene rings is 2. The molecule has 2 fully saturated rings. The molecule has 2 aromatic rings. The molecule has 0 radical (unpaired) electrons. The lowest BCUT2D eigenvalue weighted by molar-refractivity contribution is -0.117. The fraction of sp³-hybridized carbons (Fsp3) is 0.391. The second kappa shape index (κ2) is 9.20. The topological polar surface area (TPSA) is 61.9 Å². The Bertz CT molecular complexity index is 860. The van der Waals surface area contributed by atoms with Gasteiger partial charge in [-0.05, 0) is 41.8 Å². The number of nitrogens with zero attached hydrogens (tertiary/aromatic N) is 2. The highest BCUT2D eigenvalue weighted by molar-refractivity contribution is 5.97. The summed E-state index contributed by atoms with van der Waals surface area (Å²) in [6.45, 7) is 5.54. The molecule has 2 aliphatic rings. The maximum absolute atomic E-state index is 12.6. The van der Waals surface area contributed by atoms with E-state index in [0.717, 1.165) is 57.1 Å². The Labute approximate surface area is 171 Å². The Kier molecular flexibility index (Phi) is 6.22. The molecule has 6 nitrogen and oxygen atoms in total.